The SMILES string of the molecule is CC(C)c1ccccc1S(=O)(=O)Nc1ccc(F)c(-c2ccc3c(-c4ncc[nH]4)n[nH]c3c2F)c1F. The van der Waals surface area contributed by atoms with Crippen LogP contribution in [0.5, 0.6) is 0 Å². The lowest BCUT2D eigenvalue weighted by atomic mass is 10.0. The summed E-state index contributed by atoms with van der Waals surface area (Å²) in [5.41, 5.74) is -0.806. The van der Waals surface area contributed by atoms with Crippen molar-refractivity contribution in [1.82, 2.24) is 20.2 Å². The van der Waals surface area contributed by atoms with Crippen molar-refractivity contribution in [3.63, 3.8) is 0 Å². The van der Waals surface area contributed by atoms with Gasteiger partial charge < -0.3 is 4.98 Å². The molecule has 0 atom stereocenters. The van der Waals surface area contributed by atoms with E-state index in [1.807, 2.05) is 13.8 Å². The molecule has 36 heavy (non-hydrogen) atoms. The molecule has 0 bridgehead atoms. The lowest BCUT2D eigenvalue weighted by molar-refractivity contribution is 0.582. The second kappa shape index (κ2) is 8.83. The van der Waals surface area contributed by atoms with E-state index in [9.17, 15) is 12.8 Å². The number of rotatable bonds is 6. The number of H-pyrrole nitrogens is 2. The minimum Gasteiger partial charge on any atom is -0.343 e. The quantitative estimate of drug-likeness (QED) is 0.262. The second-order valence-corrected chi connectivity index (χ2v) is 10.1. The number of imidazole rings is 1. The van der Waals surface area contributed by atoms with Gasteiger partial charge in [0.1, 0.15) is 17.0 Å². The Hall–Kier alpha value is -4.12. The molecule has 7 nitrogen and oxygen atoms in total. The van der Waals surface area contributed by atoms with Gasteiger partial charge in [0.25, 0.3) is 10.0 Å². The van der Waals surface area contributed by atoms with E-state index in [0.29, 0.717) is 22.5 Å². The Morgan fingerprint density at radius 3 is 2.47 bits per heavy atom. The van der Waals surface area contributed by atoms with E-state index in [1.165, 1.54) is 24.4 Å². The Balaban J connectivity index is 1.60. The van der Waals surface area contributed by atoms with Crippen molar-refractivity contribution in [2.45, 2.75) is 24.7 Å². The number of halogens is 3. The predicted molar refractivity (Wildman–Crippen MR) is 130 cm³/mol. The fraction of sp³-hybridized carbons (Fsp3) is 0.120. The number of nitrogens with one attached hydrogen (secondary N) is 3. The molecule has 0 unspecified atom stereocenters. The third-order valence-electron chi connectivity index (χ3n) is 5.83. The van der Waals surface area contributed by atoms with Crippen LogP contribution < -0.4 is 4.72 Å². The summed E-state index contributed by atoms with van der Waals surface area (Å²) in [5, 5.41) is 6.96. The topological polar surface area (TPSA) is 104 Å². The van der Waals surface area contributed by atoms with Gasteiger partial charge in [-0.2, -0.15) is 5.10 Å². The number of hydrogen-bond donors (Lipinski definition) is 3. The maximum atomic E-state index is 15.6. The molecule has 0 amide bonds. The Kier molecular flexibility index (Phi) is 5.79. The summed E-state index contributed by atoms with van der Waals surface area (Å²) in [6.07, 6.45) is 3.09. The summed E-state index contributed by atoms with van der Waals surface area (Å²) in [5.74, 6) is -2.97. The van der Waals surface area contributed by atoms with Crippen molar-refractivity contribution in [3.05, 3.63) is 83.9 Å². The summed E-state index contributed by atoms with van der Waals surface area (Å²) in [7, 11) is -4.22. The molecule has 184 valence electrons. The number of sulfonamides is 1. The third-order valence-corrected chi connectivity index (χ3v) is 7.27. The first-order valence-corrected chi connectivity index (χ1v) is 12.4. The van der Waals surface area contributed by atoms with Crippen LogP contribution in [0, 0.1) is 17.5 Å². The van der Waals surface area contributed by atoms with Crippen molar-refractivity contribution >= 4 is 26.6 Å². The van der Waals surface area contributed by atoms with Crippen LogP contribution in [0.1, 0.15) is 25.3 Å². The van der Waals surface area contributed by atoms with Crippen molar-refractivity contribution < 1.29 is 21.6 Å². The molecule has 0 radical (unpaired) electrons. The van der Waals surface area contributed by atoms with Gasteiger partial charge in [0.05, 0.1) is 16.1 Å². The minimum absolute atomic E-state index is 0.0270. The van der Waals surface area contributed by atoms with E-state index in [-0.39, 0.29) is 16.3 Å². The molecule has 5 aromatic rings. The van der Waals surface area contributed by atoms with Crippen LogP contribution in [0.4, 0.5) is 18.9 Å². The zero-order valence-electron chi connectivity index (χ0n) is 19.1. The number of aromatic amines is 2. The highest BCUT2D eigenvalue weighted by atomic mass is 32.2. The monoisotopic (exact) mass is 511 g/mol. The normalized spacial score (nSPS) is 11.9. The summed E-state index contributed by atoms with van der Waals surface area (Å²) in [6.45, 7) is 3.66. The van der Waals surface area contributed by atoms with Gasteiger partial charge in [0.2, 0.25) is 0 Å². The van der Waals surface area contributed by atoms with Gasteiger partial charge in [-0.25, -0.2) is 26.6 Å². The number of anilines is 1. The molecule has 3 N–H and O–H groups in total. The van der Waals surface area contributed by atoms with Gasteiger partial charge in [0.15, 0.2) is 17.5 Å². The van der Waals surface area contributed by atoms with Gasteiger partial charge in [-0.05, 0) is 35.7 Å². The lowest BCUT2D eigenvalue weighted by Crippen LogP contribution is -2.17. The fourth-order valence-corrected chi connectivity index (χ4v) is 5.53. The average Bonchev–Trinajstić information content (AvgIpc) is 3.52. The number of hydrogen-bond acceptors (Lipinski definition) is 4. The highest BCUT2D eigenvalue weighted by Crippen LogP contribution is 2.37. The molecular formula is C25H20F3N5O2S. The molecule has 2 heterocycles. The fourth-order valence-electron chi connectivity index (χ4n) is 4.10. The molecule has 0 saturated carbocycles. The maximum Gasteiger partial charge on any atom is 0.262 e. The van der Waals surface area contributed by atoms with Crippen LogP contribution in [0.15, 0.2) is 65.8 Å². The van der Waals surface area contributed by atoms with E-state index < -0.39 is 44.3 Å². The molecule has 0 aliphatic rings. The molecule has 0 aliphatic carbocycles. The van der Waals surface area contributed by atoms with Gasteiger partial charge >= 0.3 is 0 Å². The molecular weight excluding hydrogens is 491 g/mol. The Labute approximate surface area is 204 Å². The largest absolute Gasteiger partial charge is 0.343 e. The van der Waals surface area contributed by atoms with E-state index in [2.05, 4.69) is 24.9 Å². The maximum absolute atomic E-state index is 15.6. The van der Waals surface area contributed by atoms with Gasteiger partial charge in [-0.3, -0.25) is 9.82 Å². The first-order valence-electron chi connectivity index (χ1n) is 11.0. The smallest absolute Gasteiger partial charge is 0.262 e. The molecule has 2 aromatic heterocycles. The van der Waals surface area contributed by atoms with Crippen molar-refractivity contribution in [2.75, 3.05) is 4.72 Å². The van der Waals surface area contributed by atoms with Crippen LogP contribution in [-0.4, -0.2) is 28.6 Å². The first-order chi connectivity index (χ1) is 17.2. The average molecular weight is 512 g/mol. The van der Waals surface area contributed by atoms with Crippen LogP contribution in [0.3, 0.4) is 0 Å². The first kappa shape index (κ1) is 23.6. The Morgan fingerprint density at radius 2 is 1.75 bits per heavy atom. The summed E-state index contributed by atoms with van der Waals surface area (Å²) < 4.78 is 74.2. The Bertz CT molecular complexity index is 1700. The van der Waals surface area contributed by atoms with Crippen molar-refractivity contribution in [1.29, 1.82) is 0 Å². The summed E-state index contributed by atoms with van der Waals surface area (Å²) in [6, 6.07) is 10.9. The third kappa shape index (κ3) is 3.91. The highest BCUT2D eigenvalue weighted by Gasteiger charge is 2.26. The zero-order chi connectivity index (χ0) is 25.6. The van der Waals surface area contributed by atoms with Gasteiger partial charge in [-0.15, -0.1) is 0 Å². The standard InChI is InChI=1S/C25H20F3N5O2S/c1-13(2)14-5-3-4-6-19(14)36(34,35)33-18-10-9-17(26)20(22(18)28)15-7-8-16-23(21(15)27)31-32-24(16)25-29-11-12-30-25/h3-13,33H,1-2H3,(H,29,30)(H,31,32). The number of aromatic nitrogens is 4. The van der Waals surface area contributed by atoms with Gasteiger partial charge in [-0.1, -0.05) is 38.1 Å². The molecule has 0 spiro atoms. The number of nitrogens with zero attached hydrogens (tertiary/aromatic N) is 2. The second-order valence-electron chi connectivity index (χ2n) is 8.44. The summed E-state index contributed by atoms with van der Waals surface area (Å²) >= 11 is 0. The number of fused-ring (bicyclic) bond motifs is 1. The lowest BCUT2D eigenvalue weighted by Gasteiger charge is -2.16. The Morgan fingerprint density at radius 1 is 0.972 bits per heavy atom. The van der Waals surface area contributed by atoms with E-state index >= 15 is 8.78 Å². The molecule has 0 aliphatic heterocycles. The predicted octanol–water partition coefficient (Wildman–Crippen LogP) is 5.96. The van der Waals surface area contributed by atoms with E-state index in [0.717, 1.165) is 12.1 Å². The molecule has 3 aromatic carbocycles. The van der Waals surface area contributed by atoms with Crippen LogP contribution in [0.2, 0.25) is 0 Å². The van der Waals surface area contributed by atoms with E-state index in [1.54, 1.807) is 24.4 Å². The number of benzene rings is 3. The minimum atomic E-state index is -4.22. The van der Waals surface area contributed by atoms with Crippen LogP contribution >= 0.6 is 0 Å². The van der Waals surface area contributed by atoms with Crippen LogP contribution in [-0.2, 0) is 10.0 Å². The van der Waals surface area contributed by atoms with Crippen molar-refractivity contribution in [2.24, 2.45) is 0 Å². The zero-order valence-corrected chi connectivity index (χ0v) is 19.9. The highest BCUT2D eigenvalue weighted by molar-refractivity contribution is 7.92. The molecule has 11 heteroatoms. The molecule has 0 saturated heterocycles. The molecule has 0 fully saturated rings. The van der Waals surface area contributed by atoms with Gasteiger partial charge in [0, 0.05) is 23.3 Å². The molecule has 5 rings (SSSR count). The summed E-state index contributed by atoms with van der Waals surface area (Å²) in [4.78, 5) is 6.93. The van der Waals surface area contributed by atoms with Crippen molar-refractivity contribution in [3.8, 4) is 22.6 Å². The van der Waals surface area contributed by atoms with E-state index in [4.69, 9.17) is 0 Å². The van der Waals surface area contributed by atoms with Crippen LogP contribution in [0.25, 0.3) is 33.5 Å².